The Morgan fingerprint density at radius 1 is 1.10 bits per heavy atom. The number of piperidine rings is 2. The van der Waals surface area contributed by atoms with Crippen LogP contribution in [0.25, 0.3) is 0 Å². The van der Waals surface area contributed by atoms with Crippen molar-refractivity contribution in [2.75, 3.05) is 26.2 Å². The number of rotatable bonds is 1. The number of carbonyl (C=O) groups is 2. The monoisotopic (exact) mass is 398 g/mol. The third-order valence-electron chi connectivity index (χ3n) is 6.86. The zero-order chi connectivity index (χ0) is 20.6. The first-order valence-corrected chi connectivity index (χ1v) is 11.1. The molecule has 5 nitrogen and oxygen atoms in total. The lowest BCUT2D eigenvalue weighted by Gasteiger charge is -2.48. The van der Waals surface area contributed by atoms with Crippen LogP contribution in [0.1, 0.15) is 68.8 Å². The molecule has 158 valence electrons. The number of benzene rings is 1. The Bertz CT molecular complexity index is 777. The zero-order valence-corrected chi connectivity index (χ0v) is 18.1. The van der Waals surface area contributed by atoms with Crippen molar-refractivity contribution in [3.63, 3.8) is 0 Å². The van der Waals surface area contributed by atoms with Crippen LogP contribution in [0.5, 0.6) is 0 Å². The Balaban J connectivity index is 1.39. The number of ketones is 1. The topological polar surface area (TPSA) is 49.9 Å². The molecule has 2 fully saturated rings. The standard InChI is InChI=1S/C24H34N2O3/c1-23(2,3)29-22(28)25-15-10-19(11-16-25)26-14-6-12-24(17-26)13-9-18-7-4-5-8-20(18)21(24)27/h4-5,7-8,19H,6,9-17H2,1-3H3. The summed E-state index contributed by atoms with van der Waals surface area (Å²) in [6.07, 6.45) is 5.78. The van der Waals surface area contributed by atoms with Gasteiger partial charge in [-0.05, 0) is 71.4 Å². The van der Waals surface area contributed by atoms with Crippen molar-refractivity contribution in [3.8, 4) is 0 Å². The van der Waals surface area contributed by atoms with Gasteiger partial charge in [0.15, 0.2) is 5.78 Å². The van der Waals surface area contributed by atoms with E-state index in [1.165, 1.54) is 5.56 Å². The number of aryl methyl sites for hydroxylation is 1. The largest absolute Gasteiger partial charge is 0.444 e. The van der Waals surface area contributed by atoms with E-state index >= 15 is 0 Å². The van der Waals surface area contributed by atoms with Gasteiger partial charge < -0.3 is 9.64 Å². The van der Waals surface area contributed by atoms with Gasteiger partial charge in [-0.3, -0.25) is 9.69 Å². The maximum absolute atomic E-state index is 13.4. The van der Waals surface area contributed by atoms with Crippen molar-refractivity contribution in [2.45, 2.75) is 70.9 Å². The van der Waals surface area contributed by atoms with Crippen molar-refractivity contribution in [1.29, 1.82) is 0 Å². The minimum absolute atomic E-state index is 0.204. The molecule has 1 amide bonds. The van der Waals surface area contributed by atoms with E-state index in [0.717, 1.165) is 70.3 Å². The minimum atomic E-state index is -0.454. The predicted octanol–water partition coefficient (Wildman–Crippen LogP) is 4.30. The molecule has 1 aromatic carbocycles. The van der Waals surface area contributed by atoms with Crippen LogP contribution in [0.2, 0.25) is 0 Å². The lowest BCUT2D eigenvalue weighted by Crippen LogP contribution is -2.55. The number of likely N-dealkylation sites (tertiary alicyclic amines) is 2. The highest BCUT2D eigenvalue weighted by atomic mass is 16.6. The summed E-state index contributed by atoms with van der Waals surface area (Å²) < 4.78 is 5.52. The Morgan fingerprint density at radius 3 is 2.55 bits per heavy atom. The van der Waals surface area contributed by atoms with Gasteiger partial charge >= 0.3 is 6.09 Å². The van der Waals surface area contributed by atoms with Gasteiger partial charge in [-0.2, -0.15) is 0 Å². The first-order chi connectivity index (χ1) is 13.8. The number of hydrogen-bond acceptors (Lipinski definition) is 4. The Labute approximate surface area is 174 Å². The molecule has 1 spiro atoms. The molecule has 3 aliphatic rings. The molecule has 0 bridgehead atoms. The second kappa shape index (κ2) is 7.75. The Morgan fingerprint density at radius 2 is 1.83 bits per heavy atom. The first kappa shape index (κ1) is 20.4. The fourth-order valence-corrected chi connectivity index (χ4v) is 5.34. The Kier molecular flexibility index (Phi) is 5.45. The highest BCUT2D eigenvalue weighted by molar-refractivity contribution is 6.03. The van der Waals surface area contributed by atoms with Crippen molar-refractivity contribution in [2.24, 2.45) is 5.41 Å². The maximum Gasteiger partial charge on any atom is 0.410 e. The van der Waals surface area contributed by atoms with Crippen LogP contribution in [0.3, 0.4) is 0 Å². The average molecular weight is 399 g/mol. The smallest absolute Gasteiger partial charge is 0.410 e. The van der Waals surface area contributed by atoms with Crippen molar-refractivity contribution in [3.05, 3.63) is 35.4 Å². The number of nitrogens with zero attached hydrogens (tertiary/aromatic N) is 2. The molecular formula is C24H34N2O3. The van der Waals surface area contributed by atoms with E-state index in [4.69, 9.17) is 4.74 Å². The molecule has 1 atom stereocenters. The zero-order valence-electron chi connectivity index (χ0n) is 18.1. The summed E-state index contributed by atoms with van der Waals surface area (Å²) in [5.41, 5.74) is 1.49. The van der Waals surface area contributed by atoms with Gasteiger partial charge in [0.25, 0.3) is 0 Å². The third-order valence-corrected chi connectivity index (χ3v) is 6.86. The highest BCUT2D eigenvalue weighted by Crippen LogP contribution is 2.43. The summed E-state index contributed by atoms with van der Waals surface area (Å²) in [6, 6.07) is 8.60. The molecule has 2 saturated heterocycles. The molecule has 1 aromatic rings. The van der Waals surface area contributed by atoms with Gasteiger partial charge in [0.1, 0.15) is 5.60 Å². The fraction of sp³-hybridized carbons (Fsp3) is 0.667. The van der Waals surface area contributed by atoms with E-state index in [-0.39, 0.29) is 11.5 Å². The summed E-state index contributed by atoms with van der Waals surface area (Å²) in [7, 11) is 0. The Hall–Kier alpha value is -1.88. The van der Waals surface area contributed by atoms with Crippen LogP contribution in [0, 0.1) is 5.41 Å². The quantitative estimate of drug-likeness (QED) is 0.708. The summed E-state index contributed by atoms with van der Waals surface area (Å²) in [4.78, 5) is 30.1. The summed E-state index contributed by atoms with van der Waals surface area (Å²) >= 11 is 0. The molecule has 2 aliphatic heterocycles. The molecule has 0 aromatic heterocycles. The number of hydrogen-bond donors (Lipinski definition) is 0. The average Bonchev–Trinajstić information content (AvgIpc) is 2.70. The van der Waals surface area contributed by atoms with Crippen LogP contribution in [-0.2, 0) is 11.2 Å². The normalized spacial score (nSPS) is 26.4. The van der Waals surface area contributed by atoms with Crippen molar-refractivity contribution >= 4 is 11.9 Å². The number of ether oxygens (including phenoxy) is 1. The van der Waals surface area contributed by atoms with Crippen LogP contribution in [-0.4, -0.2) is 59.5 Å². The molecule has 1 aliphatic carbocycles. The van der Waals surface area contributed by atoms with Crippen LogP contribution >= 0.6 is 0 Å². The second-order valence-electron chi connectivity index (χ2n) is 10.0. The van der Waals surface area contributed by atoms with Gasteiger partial charge in [0, 0.05) is 36.7 Å². The second-order valence-corrected chi connectivity index (χ2v) is 10.0. The van der Waals surface area contributed by atoms with Gasteiger partial charge in [0.2, 0.25) is 0 Å². The molecule has 0 N–H and O–H groups in total. The van der Waals surface area contributed by atoms with Crippen molar-refractivity contribution in [1.82, 2.24) is 9.80 Å². The van der Waals surface area contributed by atoms with E-state index < -0.39 is 5.60 Å². The van der Waals surface area contributed by atoms with Crippen LogP contribution in [0.4, 0.5) is 4.79 Å². The predicted molar refractivity (Wildman–Crippen MR) is 113 cm³/mol. The lowest BCUT2D eigenvalue weighted by atomic mass is 9.66. The first-order valence-electron chi connectivity index (χ1n) is 11.1. The van der Waals surface area contributed by atoms with E-state index in [2.05, 4.69) is 11.0 Å². The molecular weight excluding hydrogens is 364 g/mol. The number of carbonyl (C=O) groups excluding carboxylic acids is 2. The van der Waals surface area contributed by atoms with Crippen molar-refractivity contribution < 1.29 is 14.3 Å². The fourth-order valence-electron chi connectivity index (χ4n) is 5.34. The molecule has 2 heterocycles. The maximum atomic E-state index is 13.4. The molecule has 5 heteroatoms. The minimum Gasteiger partial charge on any atom is -0.444 e. The van der Waals surface area contributed by atoms with Crippen LogP contribution in [0.15, 0.2) is 24.3 Å². The third kappa shape index (κ3) is 4.20. The van der Waals surface area contributed by atoms with Crippen LogP contribution < -0.4 is 0 Å². The lowest BCUT2D eigenvalue weighted by molar-refractivity contribution is 0.00300. The molecule has 0 radical (unpaired) electrons. The van der Waals surface area contributed by atoms with E-state index in [1.807, 2.05) is 43.9 Å². The summed E-state index contributed by atoms with van der Waals surface area (Å²) in [6.45, 7) is 9.13. The summed E-state index contributed by atoms with van der Waals surface area (Å²) in [5.74, 6) is 0.357. The van der Waals surface area contributed by atoms with Gasteiger partial charge in [-0.15, -0.1) is 0 Å². The molecule has 0 saturated carbocycles. The highest BCUT2D eigenvalue weighted by Gasteiger charge is 2.46. The van der Waals surface area contributed by atoms with Gasteiger partial charge in [-0.1, -0.05) is 24.3 Å². The van der Waals surface area contributed by atoms with E-state index in [9.17, 15) is 9.59 Å². The molecule has 29 heavy (non-hydrogen) atoms. The number of fused-ring (bicyclic) bond motifs is 1. The SMILES string of the molecule is CC(C)(C)OC(=O)N1CCC(N2CCCC3(CCc4ccccc4C3=O)C2)CC1. The van der Waals surface area contributed by atoms with Gasteiger partial charge in [0.05, 0.1) is 0 Å². The number of amides is 1. The van der Waals surface area contributed by atoms with Gasteiger partial charge in [-0.25, -0.2) is 4.79 Å². The summed E-state index contributed by atoms with van der Waals surface area (Å²) in [5, 5.41) is 0. The molecule has 4 rings (SSSR count). The van der Waals surface area contributed by atoms with E-state index in [0.29, 0.717) is 11.8 Å². The van der Waals surface area contributed by atoms with E-state index in [1.54, 1.807) is 0 Å². The number of Topliss-reactive ketones (excluding diaryl/α,β-unsaturated/α-hetero) is 1. The molecule has 1 unspecified atom stereocenters.